The minimum atomic E-state index is -0.398. The highest BCUT2D eigenvalue weighted by Crippen LogP contribution is 2.28. The molecule has 1 aliphatic rings. The molecule has 1 heterocycles. The van der Waals surface area contributed by atoms with E-state index in [1.165, 1.54) is 5.69 Å². The summed E-state index contributed by atoms with van der Waals surface area (Å²) in [7, 11) is 1.79. The Morgan fingerprint density at radius 1 is 1.33 bits per heavy atom. The van der Waals surface area contributed by atoms with Gasteiger partial charge in [0, 0.05) is 25.9 Å². The molecular formula is C15H23NO2. The van der Waals surface area contributed by atoms with Gasteiger partial charge < -0.3 is 14.7 Å². The third-order valence-electron chi connectivity index (χ3n) is 3.89. The maximum Gasteiger partial charge on any atom is 0.0825 e. The molecule has 1 saturated heterocycles. The van der Waals surface area contributed by atoms with E-state index < -0.39 is 6.10 Å². The molecule has 0 aromatic heterocycles. The van der Waals surface area contributed by atoms with E-state index in [-0.39, 0.29) is 5.60 Å². The number of aliphatic hydroxyl groups is 1. The first-order valence-electron chi connectivity index (χ1n) is 6.62. The summed E-state index contributed by atoms with van der Waals surface area (Å²) >= 11 is 0. The molecule has 1 aromatic rings. The van der Waals surface area contributed by atoms with Gasteiger partial charge in [0.25, 0.3) is 0 Å². The smallest absolute Gasteiger partial charge is 0.0825 e. The van der Waals surface area contributed by atoms with Crippen LogP contribution in [0.3, 0.4) is 0 Å². The lowest BCUT2D eigenvalue weighted by Gasteiger charge is -2.40. The van der Waals surface area contributed by atoms with Crippen molar-refractivity contribution in [2.75, 3.05) is 25.1 Å². The van der Waals surface area contributed by atoms with E-state index in [0.717, 1.165) is 31.5 Å². The lowest BCUT2D eigenvalue weighted by Crippen LogP contribution is -2.47. The van der Waals surface area contributed by atoms with Crippen LogP contribution in [0.25, 0.3) is 0 Å². The first-order valence-corrected chi connectivity index (χ1v) is 6.62. The molecular weight excluding hydrogens is 226 g/mol. The zero-order chi connectivity index (χ0) is 13.2. The largest absolute Gasteiger partial charge is 0.389 e. The molecule has 1 unspecified atom stereocenters. The van der Waals surface area contributed by atoms with Crippen LogP contribution in [0.15, 0.2) is 24.3 Å². The van der Waals surface area contributed by atoms with Gasteiger partial charge in [-0.2, -0.15) is 0 Å². The highest BCUT2D eigenvalue weighted by atomic mass is 16.5. The second kappa shape index (κ2) is 5.29. The van der Waals surface area contributed by atoms with Crippen molar-refractivity contribution >= 4 is 5.69 Å². The summed E-state index contributed by atoms with van der Waals surface area (Å²) in [5.41, 5.74) is 2.13. The molecule has 100 valence electrons. The third kappa shape index (κ3) is 2.85. The molecule has 0 bridgehead atoms. The van der Waals surface area contributed by atoms with E-state index >= 15 is 0 Å². The monoisotopic (exact) mass is 249 g/mol. The predicted molar refractivity (Wildman–Crippen MR) is 73.9 cm³/mol. The van der Waals surface area contributed by atoms with Gasteiger partial charge in [0.2, 0.25) is 0 Å². The number of hydrogen-bond acceptors (Lipinski definition) is 3. The van der Waals surface area contributed by atoms with Crippen molar-refractivity contribution in [3.05, 3.63) is 29.8 Å². The van der Waals surface area contributed by atoms with E-state index in [0.29, 0.717) is 0 Å². The zero-order valence-corrected chi connectivity index (χ0v) is 11.5. The minimum absolute atomic E-state index is 0.0405. The lowest BCUT2D eigenvalue weighted by atomic mass is 9.94. The van der Waals surface area contributed by atoms with Gasteiger partial charge in [-0.3, -0.25) is 0 Å². The number of ether oxygens (including phenoxy) is 1. The maximum atomic E-state index is 9.51. The number of hydrogen-bond donors (Lipinski definition) is 1. The van der Waals surface area contributed by atoms with Crippen LogP contribution in [0.5, 0.6) is 0 Å². The molecule has 1 fully saturated rings. The Hall–Kier alpha value is -1.06. The van der Waals surface area contributed by atoms with E-state index in [1.807, 2.05) is 12.1 Å². The molecule has 0 aliphatic carbocycles. The van der Waals surface area contributed by atoms with Gasteiger partial charge >= 0.3 is 0 Å². The normalized spacial score (nSPS) is 26.1. The first-order chi connectivity index (χ1) is 8.54. The molecule has 2 atom stereocenters. The molecule has 1 aliphatic heterocycles. The zero-order valence-electron chi connectivity index (χ0n) is 11.5. The SMILES string of the molecule is COC1(C)CCCN(c2ccc([C@@H](C)O)cc2)C1. The Labute approximate surface area is 109 Å². The molecule has 3 nitrogen and oxygen atoms in total. The molecule has 0 spiro atoms. The van der Waals surface area contributed by atoms with Crippen LogP contribution < -0.4 is 4.90 Å². The Kier molecular flexibility index (Phi) is 3.93. The first kappa shape index (κ1) is 13.4. The van der Waals surface area contributed by atoms with E-state index in [2.05, 4.69) is 24.0 Å². The van der Waals surface area contributed by atoms with Crippen molar-refractivity contribution in [3.63, 3.8) is 0 Å². The Morgan fingerprint density at radius 3 is 2.56 bits per heavy atom. The van der Waals surface area contributed by atoms with Crippen molar-refractivity contribution in [2.45, 2.75) is 38.4 Å². The number of benzene rings is 1. The molecule has 0 saturated carbocycles. The van der Waals surface area contributed by atoms with E-state index in [9.17, 15) is 5.11 Å². The maximum absolute atomic E-state index is 9.51. The summed E-state index contributed by atoms with van der Waals surface area (Å²) in [4.78, 5) is 2.36. The molecule has 0 amide bonds. The van der Waals surface area contributed by atoms with Crippen molar-refractivity contribution in [1.29, 1.82) is 0 Å². The number of rotatable bonds is 3. The molecule has 1 N–H and O–H groups in total. The number of methoxy groups -OCH3 is 1. The summed E-state index contributed by atoms with van der Waals surface area (Å²) in [6, 6.07) is 8.17. The second-order valence-corrected chi connectivity index (χ2v) is 5.45. The standard InChI is InChI=1S/C15H23NO2/c1-12(17)13-5-7-14(8-6-13)16-10-4-9-15(2,11-16)18-3/h5-8,12,17H,4,9-11H2,1-3H3/t12-,15?/m1/s1. The van der Waals surface area contributed by atoms with Crippen molar-refractivity contribution in [1.82, 2.24) is 0 Å². The number of nitrogens with zero attached hydrogens (tertiary/aromatic N) is 1. The van der Waals surface area contributed by atoms with Gasteiger partial charge in [-0.1, -0.05) is 12.1 Å². The fourth-order valence-electron chi connectivity index (χ4n) is 2.56. The van der Waals surface area contributed by atoms with Crippen molar-refractivity contribution in [3.8, 4) is 0 Å². The summed E-state index contributed by atoms with van der Waals surface area (Å²) in [6.07, 6.45) is 1.87. The van der Waals surface area contributed by atoms with Gasteiger partial charge in [0.05, 0.1) is 11.7 Å². The summed E-state index contributed by atoms with van der Waals surface area (Å²) in [5.74, 6) is 0. The van der Waals surface area contributed by atoms with Crippen LogP contribution in [0.4, 0.5) is 5.69 Å². The average Bonchev–Trinajstić information content (AvgIpc) is 2.39. The fourth-order valence-corrected chi connectivity index (χ4v) is 2.56. The predicted octanol–water partition coefficient (Wildman–Crippen LogP) is 2.75. The molecule has 0 radical (unpaired) electrons. The van der Waals surface area contributed by atoms with Crippen LogP contribution in [0.2, 0.25) is 0 Å². The van der Waals surface area contributed by atoms with Crippen molar-refractivity contribution < 1.29 is 9.84 Å². The molecule has 3 heteroatoms. The van der Waals surface area contributed by atoms with Gasteiger partial charge in [0.15, 0.2) is 0 Å². The quantitative estimate of drug-likeness (QED) is 0.894. The molecule has 18 heavy (non-hydrogen) atoms. The molecule has 1 aromatic carbocycles. The average molecular weight is 249 g/mol. The Balaban J connectivity index is 2.11. The van der Waals surface area contributed by atoms with Gasteiger partial charge in [-0.25, -0.2) is 0 Å². The number of aliphatic hydroxyl groups excluding tert-OH is 1. The van der Waals surface area contributed by atoms with Crippen LogP contribution in [-0.2, 0) is 4.74 Å². The number of piperidine rings is 1. The van der Waals surface area contributed by atoms with Crippen LogP contribution in [-0.4, -0.2) is 30.9 Å². The van der Waals surface area contributed by atoms with Crippen LogP contribution in [0.1, 0.15) is 38.4 Å². The second-order valence-electron chi connectivity index (χ2n) is 5.45. The summed E-state index contributed by atoms with van der Waals surface area (Å²) in [5, 5.41) is 9.51. The number of anilines is 1. The fraction of sp³-hybridized carbons (Fsp3) is 0.600. The summed E-state index contributed by atoms with van der Waals surface area (Å²) in [6.45, 7) is 5.96. The lowest BCUT2D eigenvalue weighted by molar-refractivity contribution is -0.00465. The van der Waals surface area contributed by atoms with E-state index in [4.69, 9.17) is 4.74 Å². The Bertz CT molecular complexity index is 388. The van der Waals surface area contributed by atoms with Crippen LogP contribution in [0, 0.1) is 0 Å². The topological polar surface area (TPSA) is 32.7 Å². The van der Waals surface area contributed by atoms with Crippen LogP contribution >= 0.6 is 0 Å². The highest BCUT2D eigenvalue weighted by Gasteiger charge is 2.30. The summed E-state index contributed by atoms with van der Waals surface area (Å²) < 4.78 is 5.61. The van der Waals surface area contributed by atoms with Gasteiger partial charge in [-0.15, -0.1) is 0 Å². The van der Waals surface area contributed by atoms with Gasteiger partial charge in [0.1, 0.15) is 0 Å². The van der Waals surface area contributed by atoms with E-state index in [1.54, 1.807) is 14.0 Å². The third-order valence-corrected chi connectivity index (χ3v) is 3.89. The minimum Gasteiger partial charge on any atom is -0.389 e. The van der Waals surface area contributed by atoms with Crippen molar-refractivity contribution in [2.24, 2.45) is 0 Å². The molecule has 2 rings (SSSR count). The Morgan fingerprint density at radius 2 is 2.00 bits per heavy atom. The highest BCUT2D eigenvalue weighted by molar-refractivity contribution is 5.48. The van der Waals surface area contributed by atoms with Gasteiger partial charge in [-0.05, 0) is 44.4 Å².